The van der Waals surface area contributed by atoms with E-state index in [0.717, 1.165) is 6.42 Å². The Bertz CT molecular complexity index is 673. The van der Waals surface area contributed by atoms with Crippen LogP contribution in [0.4, 0.5) is 4.39 Å². The SMILES string of the molecule is CC(C)CC(CN)NC(=O)CCc1ccc(-c2ccccc2F)o1.Cl. The third-order valence-corrected chi connectivity index (χ3v) is 3.80. The van der Waals surface area contributed by atoms with E-state index in [9.17, 15) is 9.18 Å². The molecule has 25 heavy (non-hydrogen) atoms. The Hall–Kier alpha value is -1.85. The fraction of sp³-hybridized carbons (Fsp3) is 0.421. The number of nitrogens with one attached hydrogen (secondary N) is 1. The molecule has 0 saturated carbocycles. The zero-order valence-corrected chi connectivity index (χ0v) is 15.4. The van der Waals surface area contributed by atoms with Gasteiger partial charge in [-0.05, 0) is 36.6 Å². The topological polar surface area (TPSA) is 68.3 Å². The number of furan rings is 1. The Kier molecular flexibility index (Phi) is 8.66. The van der Waals surface area contributed by atoms with Crippen LogP contribution in [0.2, 0.25) is 0 Å². The largest absolute Gasteiger partial charge is 0.461 e. The zero-order chi connectivity index (χ0) is 17.5. The van der Waals surface area contributed by atoms with Crippen LogP contribution >= 0.6 is 12.4 Å². The van der Waals surface area contributed by atoms with Gasteiger partial charge in [0.1, 0.15) is 17.3 Å². The molecule has 1 aromatic heterocycles. The standard InChI is InChI=1S/C19H25FN2O2.ClH/c1-13(2)11-14(12-21)22-19(23)10-8-15-7-9-18(24-15)16-5-3-4-6-17(16)20;/h3-7,9,13-14H,8,10-12,21H2,1-2H3,(H,22,23);1H. The van der Waals surface area contributed by atoms with Crippen LogP contribution < -0.4 is 11.1 Å². The van der Waals surface area contributed by atoms with Gasteiger partial charge in [0.15, 0.2) is 0 Å². The number of carbonyl (C=O) groups excluding carboxylic acids is 1. The monoisotopic (exact) mass is 368 g/mol. The molecule has 1 amide bonds. The van der Waals surface area contributed by atoms with Crippen LogP contribution in [0.25, 0.3) is 11.3 Å². The van der Waals surface area contributed by atoms with Crippen LogP contribution in [0.1, 0.15) is 32.4 Å². The Labute approximate surface area is 154 Å². The number of benzene rings is 1. The van der Waals surface area contributed by atoms with Gasteiger partial charge in [0.05, 0.1) is 5.56 Å². The van der Waals surface area contributed by atoms with Gasteiger partial charge in [0.25, 0.3) is 0 Å². The summed E-state index contributed by atoms with van der Waals surface area (Å²) in [4.78, 5) is 12.0. The molecule has 2 rings (SSSR count). The molecule has 1 unspecified atom stereocenters. The second-order valence-corrected chi connectivity index (χ2v) is 6.38. The van der Waals surface area contributed by atoms with E-state index in [1.165, 1.54) is 6.07 Å². The molecule has 0 aliphatic carbocycles. The zero-order valence-electron chi connectivity index (χ0n) is 14.6. The first-order valence-corrected chi connectivity index (χ1v) is 8.32. The summed E-state index contributed by atoms with van der Waals surface area (Å²) in [6.07, 6.45) is 1.65. The van der Waals surface area contributed by atoms with E-state index in [1.54, 1.807) is 30.3 Å². The van der Waals surface area contributed by atoms with Gasteiger partial charge in [0.2, 0.25) is 5.91 Å². The molecule has 1 heterocycles. The molecule has 0 saturated heterocycles. The summed E-state index contributed by atoms with van der Waals surface area (Å²) in [6.45, 7) is 4.63. The highest BCUT2D eigenvalue weighted by Crippen LogP contribution is 2.25. The van der Waals surface area contributed by atoms with Crippen molar-refractivity contribution in [3.63, 3.8) is 0 Å². The molecule has 0 aliphatic heterocycles. The fourth-order valence-electron chi connectivity index (χ4n) is 2.64. The lowest BCUT2D eigenvalue weighted by molar-refractivity contribution is -0.121. The first-order chi connectivity index (χ1) is 11.5. The van der Waals surface area contributed by atoms with Gasteiger partial charge in [-0.25, -0.2) is 4.39 Å². The minimum absolute atomic E-state index is 0. The van der Waals surface area contributed by atoms with Crippen molar-refractivity contribution in [1.29, 1.82) is 0 Å². The van der Waals surface area contributed by atoms with Crippen molar-refractivity contribution in [1.82, 2.24) is 5.32 Å². The summed E-state index contributed by atoms with van der Waals surface area (Å²) in [6, 6.07) is 9.97. The van der Waals surface area contributed by atoms with Crippen molar-refractivity contribution in [2.75, 3.05) is 6.54 Å². The van der Waals surface area contributed by atoms with E-state index in [1.807, 2.05) is 0 Å². The van der Waals surface area contributed by atoms with E-state index in [-0.39, 0.29) is 30.2 Å². The van der Waals surface area contributed by atoms with Gasteiger partial charge in [-0.15, -0.1) is 12.4 Å². The minimum Gasteiger partial charge on any atom is -0.461 e. The molecule has 2 aromatic rings. The van der Waals surface area contributed by atoms with Crippen LogP contribution in [0.5, 0.6) is 0 Å². The predicted molar refractivity (Wildman–Crippen MR) is 100 cm³/mol. The average molecular weight is 369 g/mol. The summed E-state index contributed by atoms with van der Waals surface area (Å²) in [5, 5.41) is 2.95. The number of carbonyl (C=O) groups is 1. The molecule has 0 aliphatic rings. The highest BCUT2D eigenvalue weighted by molar-refractivity contribution is 5.85. The predicted octanol–water partition coefficient (Wildman–Crippen LogP) is 3.93. The molecule has 4 nitrogen and oxygen atoms in total. The molecule has 3 N–H and O–H groups in total. The Morgan fingerprint density at radius 1 is 1.24 bits per heavy atom. The smallest absolute Gasteiger partial charge is 0.220 e. The highest BCUT2D eigenvalue weighted by atomic mass is 35.5. The number of hydrogen-bond acceptors (Lipinski definition) is 3. The quantitative estimate of drug-likeness (QED) is 0.741. The molecule has 0 fully saturated rings. The number of aryl methyl sites for hydroxylation is 1. The van der Waals surface area contributed by atoms with Crippen molar-refractivity contribution in [2.45, 2.75) is 39.2 Å². The second-order valence-electron chi connectivity index (χ2n) is 6.38. The highest BCUT2D eigenvalue weighted by Gasteiger charge is 2.14. The van der Waals surface area contributed by atoms with Gasteiger partial charge in [-0.3, -0.25) is 4.79 Å². The molecular formula is C19H26ClFN2O2. The Morgan fingerprint density at radius 2 is 1.96 bits per heavy atom. The molecule has 1 atom stereocenters. The van der Waals surface area contributed by atoms with Crippen molar-refractivity contribution in [3.05, 3.63) is 48.0 Å². The maximum absolute atomic E-state index is 13.7. The summed E-state index contributed by atoms with van der Waals surface area (Å²) in [5.74, 6) is 1.25. The average Bonchev–Trinajstić information content (AvgIpc) is 3.01. The lowest BCUT2D eigenvalue weighted by Gasteiger charge is -2.18. The lowest BCUT2D eigenvalue weighted by atomic mass is 10.0. The van der Waals surface area contributed by atoms with Crippen LogP contribution in [0, 0.1) is 11.7 Å². The Balaban J connectivity index is 0.00000312. The van der Waals surface area contributed by atoms with Crippen molar-refractivity contribution in [2.24, 2.45) is 11.7 Å². The van der Waals surface area contributed by atoms with E-state index in [2.05, 4.69) is 19.2 Å². The van der Waals surface area contributed by atoms with Crippen LogP contribution in [-0.4, -0.2) is 18.5 Å². The lowest BCUT2D eigenvalue weighted by Crippen LogP contribution is -2.41. The molecule has 6 heteroatoms. The second kappa shape index (κ2) is 10.2. The van der Waals surface area contributed by atoms with Gasteiger partial charge in [-0.2, -0.15) is 0 Å². The minimum atomic E-state index is -0.324. The molecule has 138 valence electrons. The van der Waals surface area contributed by atoms with E-state index in [0.29, 0.717) is 42.4 Å². The fourth-order valence-corrected chi connectivity index (χ4v) is 2.64. The van der Waals surface area contributed by atoms with Crippen molar-refractivity contribution < 1.29 is 13.6 Å². The van der Waals surface area contributed by atoms with Crippen molar-refractivity contribution in [3.8, 4) is 11.3 Å². The number of halogens is 2. The number of nitrogens with two attached hydrogens (primary N) is 1. The molecular weight excluding hydrogens is 343 g/mol. The third kappa shape index (κ3) is 6.52. The Morgan fingerprint density at radius 3 is 2.60 bits per heavy atom. The summed E-state index contributed by atoms with van der Waals surface area (Å²) in [7, 11) is 0. The third-order valence-electron chi connectivity index (χ3n) is 3.80. The summed E-state index contributed by atoms with van der Waals surface area (Å²) < 4.78 is 19.4. The summed E-state index contributed by atoms with van der Waals surface area (Å²) >= 11 is 0. The van der Waals surface area contributed by atoms with Crippen LogP contribution in [-0.2, 0) is 11.2 Å². The molecule has 0 bridgehead atoms. The number of amides is 1. The van der Waals surface area contributed by atoms with Gasteiger partial charge in [0, 0.05) is 25.4 Å². The molecule has 1 aromatic carbocycles. The first kappa shape index (κ1) is 21.2. The number of hydrogen-bond donors (Lipinski definition) is 2. The first-order valence-electron chi connectivity index (χ1n) is 8.32. The maximum Gasteiger partial charge on any atom is 0.220 e. The number of rotatable bonds is 8. The van der Waals surface area contributed by atoms with Gasteiger partial charge >= 0.3 is 0 Å². The molecule has 0 spiro atoms. The van der Waals surface area contributed by atoms with Gasteiger partial charge in [-0.1, -0.05) is 26.0 Å². The molecule has 0 radical (unpaired) electrons. The van der Waals surface area contributed by atoms with Gasteiger partial charge < -0.3 is 15.5 Å². The van der Waals surface area contributed by atoms with E-state index < -0.39 is 0 Å². The van der Waals surface area contributed by atoms with Crippen LogP contribution in [0.15, 0.2) is 40.8 Å². The van der Waals surface area contributed by atoms with E-state index >= 15 is 0 Å². The van der Waals surface area contributed by atoms with Crippen molar-refractivity contribution >= 4 is 18.3 Å². The van der Waals surface area contributed by atoms with E-state index in [4.69, 9.17) is 10.2 Å². The van der Waals surface area contributed by atoms with Crippen LogP contribution in [0.3, 0.4) is 0 Å². The normalized spacial score (nSPS) is 11.9. The summed E-state index contributed by atoms with van der Waals surface area (Å²) in [5.41, 5.74) is 6.11. The maximum atomic E-state index is 13.7.